The van der Waals surface area contributed by atoms with E-state index in [-0.39, 0.29) is 6.54 Å². The first-order chi connectivity index (χ1) is 10.4. The monoisotopic (exact) mass is 308 g/mol. The molecule has 0 aliphatic heterocycles. The smallest absolute Gasteiger partial charge is 0.243 e. The topological polar surface area (TPSA) is 41.1 Å². The van der Waals surface area contributed by atoms with Crippen molar-refractivity contribution in [3.05, 3.63) is 58.9 Å². The summed E-state index contributed by atoms with van der Waals surface area (Å²) in [4.78, 5) is 11.8. The van der Waals surface area contributed by atoms with Crippen molar-refractivity contribution in [2.75, 3.05) is 17.2 Å². The van der Waals surface area contributed by atoms with Crippen molar-refractivity contribution in [3.8, 4) is 0 Å². The Hall–Kier alpha value is -2.50. The van der Waals surface area contributed by atoms with Crippen LogP contribution in [-0.2, 0) is 4.79 Å². The maximum Gasteiger partial charge on any atom is 0.243 e. The molecule has 0 fully saturated rings. The molecule has 1 amide bonds. The van der Waals surface area contributed by atoms with Gasteiger partial charge in [-0.3, -0.25) is 4.79 Å². The second-order valence-corrected chi connectivity index (χ2v) is 4.89. The molecule has 0 saturated carbocycles. The molecule has 0 atom stereocenters. The van der Waals surface area contributed by atoms with E-state index < -0.39 is 29.0 Å². The molecule has 2 aromatic carbocycles. The first-order valence-corrected chi connectivity index (χ1v) is 6.63. The number of rotatable bonds is 4. The van der Waals surface area contributed by atoms with Crippen LogP contribution in [0.25, 0.3) is 0 Å². The number of anilines is 2. The van der Waals surface area contributed by atoms with Crippen LogP contribution in [0.1, 0.15) is 11.1 Å². The predicted molar refractivity (Wildman–Crippen MR) is 79.4 cm³/mol. The van der Waals surface area contributed by atoms with E-state index in [0.29, 0.717) is 0 Å². The largest absolute Gasteiger partial charge is 0.376 e. The average molecular weight is 308 g/mol. The van der Waals surface area contributed by atoms with E-state index in [1.807, 2.05) is 32.0 Å². The van der Waals surface area contributed by atoms with Crippen LogP contribution in [0.4, 0.5) is 24.5 Å². The van der Waals surface area contributed by atoms with E-state index in [1.54, 1.807) is 0 Å². The van der Waals surface area contributed by atoms with Gasteiger partial charge in [-0.05, 0) is 37.1 Å². The van der Waals surface area contributed by atoms with Gasteiger partial charge in [-0.2, -0.15) is 0 Å². The molecule has 0 saturated heterocycles. The van der Waals surface area contributed by atoms with E-state index >= 15 is 0 Å². The summed E-state index contributed by atoms with van der Waals surface area (Å²) in [6, 6.07) is 7.41. The molecule has 6 heteroatoms. The second kappa shape index (κ2) is 6.51. The summed E-state index contributed by atoms with van der Waals surface area (Å²) in [5.74, 6) is -4.89. The highest BCUT2D eigenvalue weighted by Crippen LogP contribution is 2.21. The van der Waals surface area contributed by atoms with Crippen LogP contribution in [0.3, 0.4) is 0 Å². The highest BCUT2D eigenvalue weighted by molar-refractivity contribution is 5.94. The Kier molecular flexibility index (Phi) is 4.70. The third-order valence-corrected chi connectivity index (χ3v) is 3.22. The molecular formula is C16H15F3N2O. The zero-order valence-electron chi connectivity index (χ0n) is 12.1. The fraction of sp³-hybridized carbons (Fsp3) is 0.188. The SMILES string of the molecule is Cc1cccc(C)c1NCC(=O)Nc1ccc(F)c(F)c1F. The normalized spacial score (nSPS) is 10.4. The standard InChI is InChI=1S/C16H15F3N2O/c1-9-4-3-5-10(2)16(9)20-8-13(22)21-12-7-6-11(17)14(18)15(12)19/h3-7,20H,8H2,1-2H3,(H,21,22). The Morgan fingerprint density at radius 1 is 1.00 bits per heavy atom. The molecule has 116 valence electrons. The Morgan fingerprint density at radius 2 is 1.64 bits per heavy atom. The molecule has 0 aromatic heterocycles. The summed E-state index contributed by atoms with van der Waals surface area (Å²) in [6.45, 7) is 3.66. The van der Waals surface area contributed by atoms with Gasteiger partial charge in [-0.25, -0.2) is 13.2 Å². The fourth-order valence-electron chi connectivity index (χ4n) is 2.08. The number of benzene rings is 2. The molecule has 2 rings (SSSR count). The van der Waals surface area contributed by atoms with Crippen LogP contribution in [-0.4, -0.2) is 12.5 Å². The number of carbonyl (C=O) groups excluding carboxylic acids is 1. The minimum Gasteiger partial charge on any atom is -0.376 e. The van der Waals surface area contributed by atoms with Crippen molar-refractivity contribution >= 4 is 17.3 Å². The van der Waals surface area contributed by atoms with Crippen LogP contribution < -0.4 is 10.6 Å². The van der Waals surface area contributed by atoms with Crippen molar-refractivity contribution in [2.45, 2.75) is 13.8 Å². The zero-order valence-corrected chi connectivity index (χ0v) is 12.1. The summed E-state index contributed by atoms with van der Waals surface area (Å²) in [6.07, 6.45) is 0. The van der Waals surface area contributed by atoms with Gasteiger partial charge in [0.2, 0.25) is 5.91 Å². The number of hydrogen-bond donors (Lipinski definition) is 2. The molecule has 0 bridgehead atoms. The van der Waals surface area contributed by atoms with Crippen LogP contribution in [0, 0.1) is 31.3 Å². The van der Waals surface area contributed by atoms with Gasteiger partial charge in [0.15, 0.2) is 17.5 Å². The molecule has 0 radical (unpaired) electrons. The Labute approximate surface area is 126 Å². The Morgan fingerprint density at radius 3 is 2.27 bits per heavy atom. The predicted octanol–water partition coefficient (Wildman–Crippen LogP) is 3.77. The van der Waals surface area contributed by atoms with Crippen molar-refractivity contribution in [1.82, 2.24) is 0 Å². The first-order valence-electron chi connectivity index (χ1n) is 6.63. The minimum atomic E-state index is -1.61. The molecule has 0 spiro atoms. The van der Waals surface area contributed by atoms with Crippen molar-refractivity contribution in [3.63, 3.8) is 0 Å². The van der Waals surface area contributed by atoms with E-state index in [0.717, 1.165) is 28.9 Å². The van der Waals surface area contributed by atoms with Crippen LogP contribution in [0.15, 0.2) is 30.3 Å². The Balaban J connectivity index is 2.04. The summed E-state index contributed by atoms with van der Waals surface area (Å²) in [5, 5.41) is 5.15. The lowest BCUT2D eigenvalue weighted by atomic mass is 10.1. The van der Waals surface area contributed by atoms with E-state index in [4.69, 9.17) is 0 Å². The van der Waals surface area contributed by atoms with Crippen molar-refractivity contribution in [2.24, 2.45) is 0 Å². The lowest BCUT2D eigenvalue weighted by Gasteiger charge is -2.13. The van der Waals surface area contributed by atoms with E-state index in [2.05, 4.69) is 10.6 Å². The third kappa shape index (κ3) is 3.39. The maximum absolute atomic E-state index is 13.5. The molecule has 2 aromatic rings. The van der Waals surface area contributed by atoms with E-state index in [9.17, 15) is 18.0 Å². The lowest BCUT2D eigenvalue weighted by Crippen LogP contribution is -2.23. The number of aryl methyl sites for hydroxylation is 2. The number of carbonyl (C=O) groups is 1. The summed E-state index contributed by atoms with van der Waals surface area (Å²) in [7, 11) is 0. The fourth-order valence-corrected chi connectivity index (χ4v) is 2.08. The quantitative estimate of drug-likeness (QED) is 0.844. The molecule has 0 heterocycles. The number of amides is 1. The van der Waals surface area contributed by atoms with Gasteiger partial charge < -0.3 is 10.6 Å². The summed E-state index contributed by atoms with van der Waals surface area (Å²) in [5.41, 5.74) is 2.34. The van der Waals surface area contributed by atoms with Crippen LogP contribution in [0.2, 0.25) is 0 Å². The number of nitrogens with one attached hydrogen (secondary N) is 2. The third-order valence-electron chi connectivity index (χ3n) is 3.22. The molecular weight excluding hydrogens is 293 g/mol. The first kappa shape index (κ1) is 15.9. The van der Waals surface area contributed by atoms with E-state index in [1.165, 1.54) is 0 Å². The van der Waals surface area contributed by atoms with Crippen molar-refractivity contribution < 1.29 is 18.0 Å². The van der Waals surface area contributed by atoms with Gasteiger partial charge in [0.05, 0.1) is 12.2 Å². The van der Waals surface area contributed by atoms with Gasteiger partial charge in [0.1, 0.15) is 0 Å². The van der Waals surface area contributed by atoms with Gasteiger partial charge in [0.25, 0.3) is 0 Å². The second-order valence-electron chi connectivity index (χ2n) is 4.89. The number of para-hydroxylation sites is 1. The molecule has 0 aliphatic rings. The van der Waals surface area contributed by atoms with Gasteiger partial charge in [-0.15, -0.1) is 0 Å². The molecule has 22 heavy (non-hydrogen) atoms. The molecule has 0 unspecified atom stereocenters. The summed E-state index contributed by atoms with van der Waals surface area (Å²) < 4.78 is 39.4. The average Bonchev–Trinajstić information content (AvgIpc) is 2.47. The van der Waals surface area contributed by atoms with Gasteiger partial charge in [-0.1, -0.05) is 18.2 Å². The Bertz CT molecular complexity index is 697. The molecule has 0 aliphatic carbocycles. The van der Waals surface area contributed by atoms with Gasteiger partial charge in [0, 0.05) is 5.69 Å². The van der Waals surface area contributed by atoms with Crippen LogP contribution >= 0.6 is 0 Å². The highest BCUT2D eigenvalue weighted by Gasteiger charge is 2.15. The number of hydrogen-bond acceptors (Lipinski definition) is 2. The van der Waals surface area contributed by atoms with Crippen LogP contribution in [0.5, 0.6) is 0 Å². The molecule has 3 nitrogen and oxygen atoms in total. The summed E-state index contributed by atoms with van der Waals surface area (Å²) >= 11 is 0. The van der Waals surface area contributed by atoms with Gasteiger partial charge >= 0.3 is 0 Å². The molecule has 2 N–H and O–H groups in total. The zero-order chi connectivity index (χ0) is 16.3. The van der Waals surface area contributed by atoms with Crippen molar-refractivity contribution in [1.29, 1.82) is 0 Å². The number of halogens is 3. The lowest BCUT2D eigenvalue weighted by molar-refractivity contribution is -0.114. The highest BCUT2D eigenvalue weighted by atomic mass is 19.2. The minimum absolute atomic E-state index is 0.121. The maximum atomic E-state index is 13.5.